The Balaban J connectivity index is 1.96. The lowest BCUT2D eigenvalue weighted by Gasteiger charge is -2.03. The quantitative estimate of drug-likeness (QED) is 0.515. The lowest BCUT2D eigenvalue weighted by atomic mass is 10.2. The summed E-state index contributed by atoms with van der Waals surface area (Å²) in [5, 5.41) is 5.03. The van der Waals surface area contributed by atoms with E-state index in [1.54, 1.807) is 36.4 Å². The molecule has 21 heavy (non-hydrogen) atoms. The summed E-state index contributed by atoms with van der Waals surface area (Å²) in [6.07, 6.45) is 5.53. The maximum absolute atomic E-state index is 4.73. The number of hydrogen-bond acceptors (Lipinski definition) is 5. The van der Waals surface area contributed by atoms with Crippen molar-refractivity contribution in [2.45, 2.75) is 16.7 Å². The smallest absolute Gasteiger partial charge is 0.106 e. The van der Waals surface area contributed by atoms with Gasteiger partial charge in [-0.05, 0) is 25.1 Å². The maximum atomic E-state index is 4.73. The predicted octanol–water partition coefficient (Wildman–Crippen LogP) is 4.74. The first-order valence-corrected chi connectivity index (χ1v) is 8.08. The summed E-state index contributed by atoms with van der Waals surface area (Å²) in [4.78, 5) is 12.5. The van der Waals surface area contributed by atoms with Crippen LogP contribution in [0.5, 0.6) is 0 Å². The molecule has 0 spiro atoms. The van der Waals surface area contributed by atoms with E-state index >= 15 is 0 Å². The van der Waals surface area contributed by atoms with Crippen molar-refractivity contribution < 1.29 is 4.84 Å². The van der Waals surface area contributed by atoms with E-state index < -0.39 is 0 Å². The minimum Gasteiger partial charge on any atom is -0.399 e. The molecule has 0 aliphatic heterocycles. The lowest BCUT2D eigenvalue weighted by Crippen LogP contribution is -1.78. The van der Waals surface area contributed by atoms with Gasteiger partial charge in [0, 0.05) is 27.6 Å². The number of pyridine rings is 1. The molecule has 0 fully saturated rings. The summed E-state index contributed by atoms with van der Waals surface area (Å²) in [6, 6.07) is 10.7. The molecular weight excluding hydrogens is 300 g/mol. The molecule has 3 rings (SSSR count). The van der Waals surface area contributed by atoms with E-state index in [4.69, 9.17) is 4.84 Å². The number of aromatic nitrogens is 1. The van der Waals surface area contributed by atoms with Crippen LogP contribution >= 0.6 is 23.1 Å². The highest BCUT2D eigenvalue weighted by Gasteiger charge is 2.07. The third kappa shape index (κ3) is 3.25. The Labute approximate surface area is 131 Å². The maximum Gasteiger partial charge on any atom is 0.106 e. The van der Waals surface area contributed by atoms with Crippen LogP contribution < -0.4 is 0 Å². The fourth-order valence-electron chi connectivity index (χ4n) is 1.94. The molecule has 0 N–H and O–H groups in total. The fourth-order valence-corrected chi connectivity index (χ4v) is 3.84. The summed E-state index contributed by atoms with van der Waals surface area (Å²) in [5.41, 5.74) is 1.27. The third-order valence-electron chi connectivity index (χ3n) is 2.96. The van der Waals surface area contributed by atoms with Crippen molar-refractivity contribution in [3.8, 4) is 0 Å². The van der Waals surface area contributed by atoms with Crippen molar-refractivity contribution in [1.29, 1.82) is 0 Å². The van der Waals surface area contributed by atoms with Crippen LogP contribution in [0.15, 0.2) is 57.7 Å². The molecule has 0 atom stereocenters. The van der Waals surface area contributed by atoms with Crippen LogP contribution in [0.4, 0.5) is 0 Å². The van der Waals surface area contributed by atoms with Crippen LogP contribution in [0.3, 0.4) is 0 Å². The zero-order valence-corrected chi connectivity index (χ0v) is 13.4. The Kier molecular flexibility index (Phi) is 4.22. The Morgan fingerprint density at radius 1 is 1.24 bits per heavy atom. The summed E-state index contributed by atoms with van der Waals surface area (Å²) >= 11 is 3.39. The van der Waals surface area contributed by atoms with Crippen molar-refractivity contribution in [3.05, 3.63) is 53.2 Å². The largest absolute Gasteiger partial charge is 0.399 e. The molecule has 3 aromatic rings. The molecule has 0 bridgehead atoms. The summed E-state index contributed by atoms with van der Waals surface area (Å²) in [6.45, 7) is 2.09. The second-order valence-electron chi connectivity index (χ2n) is 4.53. The van der Waals surface area contributed by atoms with Gasteiger partial charge in [-0.25, -0.2) is 0 Å². The van der Waals surface area contributed by atoms with E-state index in [-0.39, 0.29) is 0 Å². The standard InChI is InChI=1S/C16H14N2OS2/c1-11-3-5-12(6-4-11)20-15-9-17-10-16-14(15)7-13(21-16)8-18-19-2/h3-10H,1-2H3/b18-8+. The topological polar surface area (TPSA) is 34.5 Å². The molecule has 0 unspecified atom stereocenters. The van der Waals surface area contributed by atoms with Gasteiger partial charge in [0.1, 0.15) is 7.11 Å². The zero-order chi connectivity index (χ0) is 14.7. The third-order valence-corrected chi connectivity index (χ3v) is 5.02. The van der Waals surface area contributed by atoms with E-state index in [0.29, 0.717) is 0 Å². The molecule has 0 amide bonds. The highest BCUT2D eigenvalue weighted by atomic mass is 32.2. The first-order chi connectivity index (χ1) is 10.3. The molecular formula is C16H14N2OS2. The van der Waals surface area contributed by atoms with Crippen molar-refractivity contribution in [2.75, 3.05) is 7.11 Å². The van der Waals surface area contributed by atoms with Gasteiger partial charge in [-0.15, -0.1) is 11.3 Å². The number of nitrogens with zero attached hydrogens (tertiary/aromatic N) is 2. The van der Waals surface area contributed by atoms with Crippen molar-refractivity contribution in [3.63, 3.8) is 0 Å². The Bertz CT molecular complexity index is 779. The van der Waals surface area contributed by atoms with Crippen LogP contribution in [0.2, 0.25) is 0 Å². The summed E-state index contributed by atoms with van der Waals surface area (Å²) < 4.78 is 1.16. The molecule has 106 valence electrons. The Morgan fingerprint density at radius 3 is 2.81 bits per heavy atom. The zero-order valence-electron chi connectivity index (χ0n) is 11.7. The van der Waals surface area contributed by atoms with Crippen molar-refractivity contribution in [1.82, 2.24) is 4.98 Å². The number of fused-ring (bicyclic) bond motifs is 1. The van der Waals surface area contributed by atoms with Crippen LogP contribution in [0.1, 0.15) is 10.4 Å². The predicted molar refractivity (Wildman–Crippen MR) is 89.5 cm³/mol. The second kappa shape index (κ2) is 6.28. The molecule has 1 aromatic carbocycles. The number of benzene rings is 1. The molecule has 0 radical (unpaired) electrons. The molecule has 2 aromatic heterocycles. The molecule has 0 saturated heterocycles. The van der Waals surface area contributed by atoms with E-state index in [2.05, 4.69) is 47.4 Å². The van der Waals surface area contributed by atoms with Gasteiger partial charge in [0.05, 0.1) is 15.8 Å². The Morgan fingerprint density at radius 2 is 2.05 bits per heavy atom. The van der Waals surface area contributed by atoms with Crippen LogP contribution in [0, 0.1) is 6.92 Å². The average Bonchev–Trinajstić information content (AvgIpc) is 2.91. The van der Waals surface area contributed by atoms with Crippen molar-refractivity contribution >= 4 is 39.4 Å². The van der Waals surface area contributed by atoms with Crippen LogP contribution in [-0.4, -0.2) is 18.3 Å². The molecule has 2 heterocycles. The minimum atomic E-state index is 1.06. The lowest BCUT2D eigenvalue weighted by molar-refractivity contribution is 0.215. The van der Waals surface area contributed by atoms with Crippen molar-refractivity contribution in [2.24, 2.45) is 5.16 Å². The number of aryl methyl sites for hydroxylation is 1. The molecule has 3 nitrogen and oxygen atoms in total. The van der Waals surface area contributed by atoms with Gasteiger partial charge < -0.3 is 4.84 Å². The average molecular weight is 314 g/mol. The first-order valence-electron chi connectivity index (χ1n) is 6.45. The fraction of sp³-hybridized carbons (Fsp3) is 0.125. The second-order valence-corrected chi connectivity index (χ2v) is 6.76. The van der Waals surface area contributed by atoms with Gasteiger partial charge in [0.2, 0.25) is 0 Å². The molecule has 0 aliphatic rings. The van der Waals surface area contributed by atoms with Crippen LogP contribution in [-0.2, 0) is 4.84 Å². The summed E-state index contributed by atoms with van der Waals surface area (Å²) in [5.74, 6) is 0. The van der Waals surface area contributed by atoms with Gasteiger partial charge in [0.25, 0.3) is 0 Å². The Hall–Kier alpha value is -1.85. The monoisotopic (exact) mass is 314 g/mol. The van der Waals surface area contributed by atoms with Gasteiger partial charge in [-0.2, -0.15) is 0 Å². The van der Waals surface area contributed by atoms with E-state index in [0.717, 1.165) is 14.5 Å². The number of thiophene rings is 1. The van der Waals surface area contributed by atoms with E-state index in [1.165, 1.54) is 15.8 Å². The minimum absolute atomic E-state index is 1.06. The number of oxime groups is 1. The van der Waals surface area contributed by atoms with E-state index in [9.17, 15) is 0 Å². The van der Waals surface area contributed by atoms with Crippen LogP contribution in [0.25, 0.3) is 10.1 Å². The highest BCUT2D eigenvalue weighted by Crippen LogP contribution is 2.36. The SMILES string of the molecule is CO/N=C/c1cc2c(Sc3ccc(C)cc3)cncc2s1. The van der Waals surface area contributed by atoms with Gasteiger partial charge in [0.15, 0.2) is 0 Å². The first kappa shape index (κ1) is 14.1. The highest BCUT2D eigenvalue weighted by molar-refractivity contribution is 7.99. The van der Waals surface area contributed by atoms with Gasteiger partial charge >= 0.3 is 0 Å². The normalized spacial score (nSPS) is 11.3. The number of hydrogen-bond donors (Lipinski definition) is 0. The molecule has 0 saturated carbocycles. The molecule has 5 heteroatoms. The summed E-state index contributed by atoms with van der Waals surface area (Å²) in [7, 11) is 1.55. The van der Waals surface area contributed by atoms with Gasteiger partial charge in [-0.1, -0.05) is 34.6 Å². The van der Waals surface area contributed by atoms with Gasteiger partial charge in [-0.3, -0.25) is 4.98 Å². The molecule has 0 aliphatic carbocycles. The number of rotatable bonds is 4. The van der Waals surface area contributed by atoms with E-state index in [1.807, 2.05) is 12.4 Å².